The van der Waals surface area contributed by atoms with Gasteiger partial charge in [-0.3, -0.25) is 4.79 Å². The summed E-state index contributed by atoms with van der Waals surface area (Å²) in [6.07, 6.45) is 0.654. The number of halogens is 1. The van der Waals surface area contributed by atoms with Gasteiger partial charge in [-0.2, -0.15) is 0 Å². The number of rotatable bonds is 9. The van der Waals surface area contributed by atoms with Crippen molar-refractivity contribution in [2.24, 2.45) is 5.73 Å². The maximum Gasteiger partial charge on any atom is 0.240 e. The molecule has 9 heteroatoms. The van der Waals surface area contributed by atoms with E-state index >= 15 is 0 Å². The van der Waals surface area contributed by atoms with E-state index in [0.29, 0.717) is 12.1 Å². The van der Waals surface area contributed by atoms with Gasteiger partial charge in [0.2, 0.25) is 15.9 Å². The molecule has 1 amide bonds. The Labute approximate surface area is 170 Å². The molecule has 0 saturated carbocycles. The van der Waals surface area contributed by atoms with Gasteiger partial charge in [-0.05, 0) is 36.8 Å². The second kappa shape index (κ2) is 11.3. The Morgan fingerprint density at radius 1 is 1.15 bits per heavy atom. The summed E-state index contributed by atoms with van der Waals surface area (Å²) in [6.45, 7) is 2.31. The maximum absolute atomic E-state index is 12.6. The number of nitrogens with one attached hydrogen (secondary N) is 2. The summed E-state index contributed by atoms with van der Waals surface area (Å²) in [6, 6.07) is 15.9. The van der Waals surface area contributed by atoms with Gasteiger partial charge in [0.05, 0.1) is 10.1 Å². The van der Waals surface area contributed by atoms with Gasteiger partial charge in [-0.1, -0.05) is 31.2 Å². The zero-order valence-electron chi connectivity index (χ0n) is 14.9. The van der Waals surface area contributed by atoms with E-state index in [1.54, 1.807) is 12.1 Å². The Bertz CT molecular complexity index is 833. The van der Waals surface area contributed by atoms with Gasteiger partial charge >= 0.3 is 0 Å². The summed E-state index contributed by atoms with van der Waals surface area (Å²) in [5.41, 5.74) is 5.78. The molecule has 0 saturated heterocycles. The van der Waals surface area contributed by atoms with Crippen molar-refractivity contribution in [1.82, 2.24) is 4.72 Å². The first-order valence-electron chi connectivity index (χ1n) is 8.28. The largest absolute Gasteiger partial charge is 0.329 e. The van der Waals surface area contributed by atoms with Gasteiger partial charge in [-0.25, -0.2) is 13.1 Å². The third-order valence-electron chi connectivity index (χ3n) is 3.53. The smallest absolute Gasteiger partial charge is 0.240 e. The number of carbonyl (C=O) groups is 1. The standard InChI is InChI=1S/C18H23N3O3S2.ClH/c1-2-17(25-15-8-4-3-5-9-15)18(22)21-14-7-6-10-16(13-14)26(23,24)20-12-11-19;/h3-10,13,17,20H,2,11-12,19H2,1H3,(H,21,22);1H. The Balaban J connectivity index is 0.00000364. The minimum Gasteiger partial charge on any atom is -0.329 e. The van der Waals surface area contributed by atoms with Crippen molar-refractivity contribution in [3.8, 4) is 0 Å². The first kappa shape index (κ1) is 23.5. The van der Waals surface area contributed by atoms with Gasteiger partial charge in [0.15, 0.2) is 0 Å². The SMILES string of the molecule is CCC(Sc1ccccc1)C(=O)Nc1cccc(S(=O)(=O)NCCN)c1.Cl. The van der Waals surface area contributed by atoms with Crippen LogP contribution in [-0.2, 0) is 14.8 Å². The lowest BCUT2D eigenvalue weighted by molar-refractivity contribution is -0.115. The second-order valence-electron chi connectivity index (χ2n) is 5.53. The number of benzene rings is 2. The molecular formula is C18H24ClN3O3S2. The molecule has 6 nitrogen and oxygen atoms in total. The normalized spacial score (nSPS) is 12.1. The predicted molar refractivity (Wildman–Crippen MR) is 113 cm³/mol. The highest BCUT2D eigenvalue weighted by Gasteiger charge is 2.19. The van der Waals surface area contributed by atoms with Crippen molar-refractivity contribution in [2.75, 3.05) is 18.4 Å². The fraction of sp³-hybridized carbons (Fsp3) is 0.278. The highest BCUT2D eigenvalue weighted by molar-refractivity contribution is 8.00. The minimum atomic E-state index is -3.64. The van der Waals surface area contributed by atoms with E-state index in [4.69, 9.17) is 5.73 Å². The van der Waals surface area contributed by atoms with Crippen LogP contribution in [-0.4, -0.2) is 32.7 Å². The van der Waals surface area contributed by atoms with Crippen LogP contribution in [0.5, 0.6) is 0 Å². The molecular weight excluding hydrogens is 406 g/mol. The van der Waals surface area contributed by atoms with E-state index in [-0.39, 0.29) is 41.5 Å². The van der Waals surface area contributed by atoms with E-state index < -0.39 is 10.0 Å². The van der Waals surface area contributed by atoms with Crippen LogP contribution in [0.15, 0.2) is 64.4 Å². The molecule has 2 rings (SSSR count). The van der Waals surface area contributed by atoms with E-state index in [0.717, 1.165) is 4.90 Å². The summed E-state index contributed by atoms with van der Waals surface area (Å²) in [4.78, 5) is 13.7. The number of carbonyl (C=O) groups excluding carboxylic acids is 1. The molecule has 0 heterocycles. The molecule has 1 atom stereocenters. The number of nitrogens with two attached hydrogens (primary N) is 1. The van der Waals surface area contributed by atoms with Gasteiger partial charge in [0.25, 0.3) is 0 Å². The zero-order chi connectivity index (χ0) is 19.0. The lowest BCUT2D eigenvalue weighted by Gasteiger charge is -2.15. The number of thioether (sulfide) groups is 1. The molecule has 0 aromatic heterocycles. The average Bonchev–Trinajstić information content (AvgIpc) is 2.65. The van der Waals surface area contributed by atoms with Gasteiger partial charge in [0.1, 0.15) is 0 Å². The molecule has 0 radical (unpaired) electrons. The molecule has 2 aromatic carbocycles. The maximum atomic E-state index is 12.6. The fourth-order valence-corrected chi connectivity index (χ4v) is 4.29. The van der Waals surface area contributed by atoms with Crippen LogP contribution < -0.4 is 15.8 Å². The molecule has 0 aliphatic rings. The highest BCUT2D eigenvalue weighted by Crippen LogP contribution is 2.26. The minimum absolute atomic E-state index is 0. The Hall–Kier alpha value is -1.58. The van der Waals surface area contributed by atoms with Crippen molar-refractivity contribution >= 4 is 45.8 Å². The molecule has 0 fully saturated rings. The van der Waals surface area contributed by atoms with Gasteiger partial charge in [-0.15, -0.1) is 24.2 Å². The Kier molecular flexibility index (Phi) is 9.82. The fourth-order valence-electron chi connectivity index (χ4n) is 2.23. The molecule has 0 bridgehead atoms. The van der Waals surface area contributed by atoms with Crippen LogP contribution in [0.2, 0.25) is 0 Å². The first-order chi connectivity index (χ1) is 12.5. The van der Waals surface area contributed by atoms with E-state index in [1.807, 2.05) is 37.3 Å². The van der Waals surface area contributed by atoms with Crippen LogP contribution in [0.1, 0.15) is 13.3 Å². The Morgan fingerprint density at radius 2 is 1.85 bits per heavy atom. The number of sulfonamides is 1. The summed E-state index contributed by atoms with van der Waals surface area (Å²) < 4.78 is 26.8. The van der Waals surface area contributed by atoms with Crippen LogP contribution in [0.4, 0.5) is 5.69 Å². The summed E-state index contributed by atoms with van der Waals surface area (Å²) >= 11 is 1.48. The van der Waals surface area contributed by atoms with Crippen LogP contribution in [0, 0.1) is 0 Å². The van der Waals surface area contributed by atoms with Crippen molar-refractivity contribution < 1.29 is 13.2 Å². The molecule has 148 valence electrons. The monoisotopic (exact) mass is 429 g/mol. The molecule has 0 spiro atoms. The van der Waals surface area contributed by atoms with Gasteiger partial charge in [0, 0.05) is 23.7 Å². The lowest BCUT2D eigenvalue weighted by atomic mass is 10.2. The summed E-state index contributed by atoms with van der Waals surface area (Å²) in [5.74, 6) is -0.161. The van der Waals surface area contributed by atoms with Crippen molar-refractivity contribution in [2.45, 2.75) is 28.4 Å². The van der Waals surface area contributed by atoms with Crippen molar-refractivity contribution in [3.63, 3.8) is 0 Å². The number of hydrogen-bond donors (Lipinski definition) is 3. The third kappa shape index (κ3) is 7.15. The second-order valence-corrected chi connectivity index (χ2v) is 8.57. The molecule has 0 aliphatic carbocycles. The Morgan fingerprint density at radius 3 is 2.48 bits per heavy atom. The van der Waals surface area contributed by atoms with E-state index in [2.05, 4.69) is 10.0 Å². The van der Waals surface area contributed by atoms with Gasteiger partial charge < -0.3 is 11.1 Å². The summed E-state index contributed by atoms with van der Waals surface area (Å²) in [7, 11) is -3.64. The summed E-state index contributed by atoms with van der Waals surface area (Å²) in [5, 5.41) is 2.53. The number of hydrogen-bond acceptors (Lipinski definition) is 5. The number of amides is 1. The number of anilines is 1. The topological polar surface area (TPSA) is 101 Å². The van der Waals surface area contributed by atoms with Crippen molar-refractivity contribution in [3.05, 3.63) is 54.6 Å². The van der Waals surface area contributed by atoms with Crippen LogP contribution in [0.25, 0.3) is 0 Å². The predicted octanol–water partition coefficient (Wildman–Crippen LogP) is 2.85. The molecule has 1 unspecified atom stereocenters. The van der Waals surface area contributed by atoms with Crippen LogP contribution >= 0.6 is 24.2 Å². The highest BCUT2D eigenvalue weighted by atomic mass is 35.5. The quantitative estimate of drug-likeness (QED) is 0.532. The third-order valence-corrected chi connectivity index (χ3v) is 6.37. The van der Waals surface area contributed by atoms with Crippen molar-refractivity contribution in [1.29, 1.82) is 0 Å². The average molecular weight is 430 g/mol. The van der Waals surface area contributed by atoms with Crippen LogP contribution in [0.3, 0.4) is 0 Å². The zero-order valence-corrected chi connectivity index (χ0v) is 17.4. The first-order valence-corrected chi connectivity index (χ1v) is 10.6. The molecule has 0 aliphatic heterocycles. The molecule has 4 N–H and O–H groups in total. The van der Waals surface area contributed by atoms with E-state index in [1.165, 1.54) is 23.9 Å². The molecule has 27 heavy (non-hydrogen) atoms. The molecule has 2 aromatic rings. The lowest BCUT2D eigenvalue weighted by Crippen LogP contribution is -2.29. The van der Waals surface area contributed by atoms with E-state index in [9.17, 15) is 13.2 Å².